The molecule has 2 fully saturated rings. The van der Waals surface area contributed by atoms with Gasteiger partial charge >= 0.3 is 0 Å². The van der Waals surface area contributed by atoms with Crippen LogP contribution >= 0.6 is 23.1 Å². The fourth-order valence-electron chi connectivity index (χ4n) is 4.05. The Bertz CT molecular complexity index is 1210. The minimum Gasteiger partial charge on any atom is -0.354 e. The second-order valence-corrected chi connectivity index (χ2v) is 10.1. The minimum absolute atomic E-state index is 0.345. The first-order valence-electron chi connectivity index (χ1n) is 12.1. The number of hydrogen-bond donors (Lipinski definition) is 2. The summed E-state index contributed by atoms with van der Waals surface area (Å²) >= 11 is 2.57. The molecule has 5 heterocycles. The number of rotatable bonds is 7. The highest BCUT2D eigenvalue weighted by atomic mass is 32.2. The van der Waals surface area contributed by atoms with Crippen LogP contribution in [0, 0.1) is 5.92 Å². The number of amides is 2. The van der Waals surface area contributed by atoms with Crippen molar-refractivity contribution in [3.05, 3.63) is 63.6 Å². The molecule has 0 spiro atoms. The molecule has 8 nitrogen and oxygen atoms in total. The molecular weight excluding hydrogens is 492 g/mol. The normalized spacial score (nSPS) is 17.6. The number of pyridine rings is 1. The summed E-state index contributed by atoms with van der Waals surface area (Å²) in [5.41, 5.74) is 3.92. The second-order valence-electron chi connectivity index (χ2n) is 8.28. The van der Waals surface area contributed by atoms with Gasteiger partial charge in [0.15, 0.2) is 0 Å². The number of nitrogens with zero attached hydrogens (tertiary/aromatic N) is 4. The van der Waals surface area contributed by atoms with Gasteiger partial charge in [-0.1, -0.05) is 19.9 Å². The van der Waals surface area contributed by atoms with Crippen LogP contribution in [0.3, 0.4) is 0 Å². The third-order valence-corrected chi connectivity index (χ3v) is 7.36. The van der Waals surface area contributed by atoms with Crippen molar-refractivity contribution in [3.8, 4) is 11.3 Å². The molecule has 0 aromatic carbocycles. The first-order valence-corrected chi connectivity index (χ1v) is 13.9. The van der Waals surface area contributed by atoms with Gasteiger partial charge in [0.2, 0.25) is 5.95 Å². The number of anilines is 1. The van der Waals surface area contributed by atoms with Crippen molar-refractivity contribution < 1.29 is 9.59 Å². The van der Waals surface area contributed by atoms with Crippen molar-refractivity contribution in [2.45, 2.75) is 33.2 Å². The highest BCUT2D eigenvalue weighted by Crippen LogP contribution is 2.25. The van der Waals surface area contributed by atoms with E-state index in [0.29, 0.717) is 22.5 Å². The van der Waals surface area contributed by atoms with Crippen molar-refractivity contribution in [2.24, 2.45) is 5.92 Å². The van der Waals surface area contributed by atoms with Crippen LogP contribution in [0.5, 0.6) is 0 Å². The predicted octanol–water partition coefficient (Wildman–Crippen LogP) is 5.27. The number of thioether (sulfide) groups is 1. The first-order chi connectivity index (χ1) is 17.6. The molecule has 0 radical (unpaired) electrons. The van der Waals surface area contributed by atoms with E-state index in [0.717, 1.165) is 62.2 Å². The largest absolute Gasteiger partial charge is 0.354 e. The summed E-state index contributed by atoms with van der Waals surface area (Å²) in [7, 11) is 0. The number of likely N-dealkylation sites (tertiary alicyclic amines) is 1. The number of imide groups is 1. The molecule has 0 atom stereocenters. The molecule has 0 aliphatic carbocycles. The molecule has 188 valence electrons. The van der Waals surface area contributed by atoms with Crippen LogP contribution < -0.4 is 10.6 Å². The van der Waals surface area contributed by atoms with Crippen LogP contribution in [0.25, 0.3) is 17.3 Å². The molecule has 2 aliphatic rings. The molecule has 36 heavy (non-hydrogen) atoms. The Morgan fingerprint density at radius 2 is 1.97 bits per heavy atom. The summed E-state index contributed by atoms with van der Waals surface area (Å²) in [4.78, 5) is 39.5. The smallest absolute Gasteiger partial charge is 0.290 e. The summed E-state index contributed by atoms with van der Waals surface area (Å²) in [5.74, 6) is 0.685. The Kier molecular flexibility index (Phi) is 9.21. The molecule has 2 aliphatic heterocycles. The summed E-state index contributed by atoms with van der Waals surface area (Å²) in [6.07, 6.45) is 5.46. The number of hydrogen-bond acceptors (Lipinski definition) is 9. The molecule has 2 N–H and O–H groups in total. The summed E-state index contributed by atoms with van der Waals surface area (Å²) < 4.78 is 0. The average molecular weight is 523 g/mol. The molecule has 0 unspecified atom stereocenters. The van der Waals surface area contributed by atoms with Gasteiger partial charge in [-0.3, -0.25) is 24.8 Å². The van der Waals surface area contributed by atoms with E-state index in [9.17, 15) is 9.59 Å². The number of carbonyl (C=O) groups excluding carboxylic acids is 2. The summed E-state index contributed by atoms with van der Waals surface area (Å²) in [6.45, 7) is 7.73. The first kappa shape index (κ1) is 26.0. The van der Waals surface area contributed by atoms with E-state index in [1.807, 2.05) is 13.8 Å². The molecule has 0 bridgehead atoms. The standard InChI is InChI=1S/C24H24N6O2S2.C2H6/c31-22-21(34-24(32)29-22)12-18-4-8-25-23(28-18)26-13-16-5-9-30(10-6-16)14-19-2-1-3-20(27-19)17-7-11-33-15-17;1-2/h1-4,7-8,11-12,15-16H,5-6,9-10,13-14H2,(H,25,26,28)(H,29,31,32);1-2H3/b21-12-;. The molecule has 3 aromatic rings. The molecule has 10 heteroatoms. The molecular formula is C26H30N6O2S2. The van der Waals surface area contributed by atoms with Crippen LogP contribution in [-0.4, -0.2) is 50.6 Å². The Labute approximate surface area is 219 Å². The topological polar surface area (TPSA) is 100 Å². The number of carbonyl (C=O) groups is 2. The fourth-order valence-corrected chi connectivity index (χ4v) is 5.36. The zero-order valence-electron chi connectivity index (χ0n) is 20.4. The van der Waals surface area contributed by atoms with Gasteiger partial charge in [0.05, 0.1) is 22.0 Å². The van der Waals surface area contributed by atoms with E-state index in [2.05, 4.69) is 60.5 Å². The maximum absolute atomic E-state index is 11.7. The Hall–Kier alpha value is -3.08. The lowest BCUT2D eigenvalue weighted by Gasteiger charge is -2.31. The molecule has 2 amide bonds. The summed E-state index contributed by atoms with van der Waals surface area (Å²) in [6, 6.07) is 10.1. The van der Waals surface area contributed by atoms with Crippen molar-refractivity contribution >= 4 is 46.3 Å². The highest BCUT2D eigenvalue weighted by Gasteiger charge is 2.25. The molecule has 3 aromatic heterocycles. The van der Waals surface area contributed by atoms with Gasteiger partial charge in [-0.15, -0.1) is 0 Å². The van der Waals surface area contributed by atoms with E-state index in [1.165, 1.54) is 5.56 Å². The fraction of sp³-hybridized carbons (Fsp3) is 0.346. The van der Waals surface area contributed by atoms with E-state index in [1.54, 1.807) is 29.7 Å². The van der Waals surface area contributed by atoms with Crippen LogP contribution in [0.2, 0.25) is 0 Å². The number of nitrogens with one attached hydrogen (secondary N) is 2. The van der Waals surface area contributed by atoms with Crippen molar-refractivity contribution in [1.82, 2.24) is 25.2 Å². The lowest BCUT2D eigenvalue weighted by Crippen LogP contribution is -2.35. The number of piperidine rings is 1. The van der Waals surface area contributed by atoms with Crippen molar-refractivity contribution in [2.75, 3.05) is 25.0 Å². The van der Waals surface area contributed by atoms with E-state index in [-0.39, 0.29) is 11.1 Å². The maximum Gasteiger partial charge on any atom is 0.290 e. The van der Waals surface area contributed by atoms with Crippen LogP contribution in [0.15, 0.2) is 52.2 Å². The minimum atomic E-state index is -0.386. The van der Waals surface area contributed by atoms with Crippen molar-refractivity contribution in [1.29, 1.82) is 0 Å². The average Bonchev–Trinajstić information content (AvgIpc) is 3.55. The van der Waals surface area contributed by atoms with Gasteiger partial charge in [0.1, 0.15) is 0 Å². The zero-order chi connectivity index (χ0) is 25.3. The Morgan fingerprint density at radius 1 is 1.14 bits per heavy atom. The van der Waals surface area contributed by atoms with E-state index in [4.69, 9.17) is 4.98 Å². The third-order valence-electron chi connectivity index (χ3n) is 5.86. The quantitative estimate of drug-likeness (QED) is 0.405. The number of thiophene rings is 1. The zero-order valence-corrected chi connectivity index (χ0v) is 22.1. The van der Waals surface area contributed by atoms with Crippen LogP contribution in [0.1, 0.15) is 38.1 Å². The highest BCUT2D eigenvalue weighted by molar-refractivity contribution is 8.18. The second kappa shape index (κ2) is 12.8. The monoisotopic (exact) mass is 522 g/mol. The Balaban J connectivity index is 0.00000148. The van der Waals surface area contributed by atoms with Gasteiger partial charge in [-0.25, -0.2) is 9.97 Å². The predicted molar refractivity (Wildman–Crippen MR) is 147 cm³/mol. The van der Waals surface area contributed by atoms with Gasteiger partial charge < -0.3 is 5.32 Å². The maximum atomic E-state index is 11.7. The van der Waals surface area contributed by atoms with E-state index < -0.39 is 0 Å². The SMILES string of the molecule is CC.O=C1NC(=O)/C(=C/c2ccnc(NCC3CCN(Cc4cccc(-c5ccsc5)n4)CC3)n2)S1. The third kappa shape index (κ3) is 6.99. The Morgan fingerprint density at radius 3 is 2.69 bits per heavy atom. The molecule has 0 saturated carbocycles. The van der Waals surface area contributed by atoms with Gasteiger partial charge in [0, 0.05) is 30.2 Å². The molecule has 2 saturated heterocycles. The lowest BCUT2D eigenvalue weighted by atomic mass is 9.96. The lowest BCUT2D eigenvalue weighted by molar-refractivity contribution is -0.115. The van der Waals surface area contributed by atoms with Gasteiger partial charge in [-0.2, -0.15) is 11.3 Å². The van der Waals surface area contributed by atoms with Gasteiger partial charge in [-0.05, 0) is 79.3 Å². The number of aromatic nitrogens is 3. The van der Waals surface area contributed by atoms with Crippen LogP contribution in [-0.2, 0) is 11.3 Å². The van der Waals surface area contributed by atoms with Crippen LogP contribution in [0.4, 0.5) is 10.7 Å². The van der Waals surface area contributed by atoms with Gasteiger partial charge in [0.25, 0.3) is 11.1 Å². The van der Waals surface area contributed by atoms with Crippen molar-refractivity contribution in [3.63, 3.8) is 0 Å². The van der Waals surface area contributed by atoms with E-state index >= 15 is 0 Å². The molecule has 5 rings (SSSR count). The summed E-state index contributed by atoms with van der Waals surface area (Å²) in [5, 5.41) is 9.43.